The lowest BCUT2D eigenvalue weighted by Gasteiger charge is -2.22. The Kier molecular flexibility index (Phi) is 6.84. The van der Waals surface area contributed by atoms with Crippen LogP contribution in [-0.2, 0) is 22.6 Å². The van der Waals surface area contributed by atoms with Gasteiger partial charge in [-0.25, -0.2) is 0 Å². The standard InChI is InChI=1S/C20H22F3N3O3/c1-12(2)17(18(28)20(21,22)23)25-16(27)11-26-10-14(9-15(24)19(26)29)8-13-6-4-3-5-7-13/h3-7,9-10,12,17H,8,11,24H2,1-2H3,(H,25,27). The second-order valence-electron chi connectivity index (χ2n) is 7.05. The molecule has 0 aliphatic carbocycles. The third-order valence-electron chi connectivity index (χ3n) is 4.28. The van der Waals surface area contributed by atoms with E-state index in [9.17, 15) is 27.6 Å². The number of pyridine rings is 1. The number of carbonyl (C=O) groups is 2. The number of aromatic nitrogens is 1. The van der Waals surface area contributed by atoms with Gasteiger partial charge >= 0.3 is 6.18 Å². The van der Waals surface area contributed by atoms with E-state index in [1.54, 1.807) is 0 Å². The molecule has 1 atom stereocenters. The van der Waals surface area contributed by atoms with Gasteiger partial charge in [-0.05, 0) is 29.5 Å². The molecule has 1 aromatic carbocycles. The predicted octanol–water partition coefficient (Wildman–Crippen LogP) is 2.29. The van der Waals surface area contributed by atoms with Crippen molar-refractivity contribution in [2.75, 3.05) is 5.73 Å². The smallest absolute Gasteiger partial charge is 0.394 e. The molecule has 0 aliphatic heterocycles. The molecule has 0 bridgehead atoms. The monoisotopic (exact) mass is 409 g/mol. The minimum atomic E-state index is -5.07. The summed E-state index contributed by atoms with van der Waals surface area (Å²) in [4.78, 5) is 36.0. The second kappa shape index (κ2) is 8.93. The van der Waals surface area contributed by atoms with E-state index in [-0.39, 0.29) is 5.69 Å². The summed E-state index contributed by atoms with van der Waals surface area (Å²) in [5, 5.41) is 2.08. The Hall–Kier alpha value is -3.10. The van der Waals surface area contributed by atoms with Crippen LogP contribution in [0.5, 0.6) is 0 Å². The summed E-state index contributed by atoms with van der Waals surface area (Å²) in [5.41, 5.74) is 6.63. The van der Waals surface area contributed by atoms with E-state index < -0.39 is 41.9 Å². The maximum Gasteiger partial charge on any atom is 0.452 e. The third-order valence-corrected chi connectivity index (χ3v) is 4.28. The van der Waals surface area contributed by atoms with Crippen LogP contribution < -0.4 is 16.6 Å². The van der Waals surface area contributed by atoms with Crippen LogP contribution in [-0.4, -0.2) is 28.5 Å². The summed E-state index contributed by atoms with van der Waals surface area (Å²) in [7, 11) is 0. The average Bonchev–Trinajstić information content (AvgIpc) is 2.63. The maximum atomic E-state index is 12.7. The van der Waals surface area contributed by atoms with Gasteiger partial charge in [0, 0.05) is 6.20 Å². The van der Waals surface area contributed by atoms with Gasteiger partial charge in [0.25, 0.3) is 11.3 Å². The molecule has 0 saturated carbocycles. The van der Waals surface area contributed by atoms with Crippen LogP contribution in [0.4, 0.5) is 18.9 Å². The Bertz CT molecular complexity index is 937. The van der Waals surface area contributed by atoms with Gasteiger partial charge in [0.05, 0.1) is 11.7 Å². The van der Waals surface area contributed by atoms with Gasteiger partial charge < -0.3 is 15.6 Å². The number of ketones is 1. The fraction of sp³-hybridized carbons (Fsp3) is 0.350. The fourth-order valence-corrected chi connectivity index (χ4v) is 2.85. The van der Waals surface area contributed by atoms with E-state index in [0.717, 1.165) is 10.1 Å². The van der Waals surface area contributed by atoms with Crippen molar-refractivity contribution in [2.45, 2.75) is 39.0 Å². The molecule has 29 heavy (non-hydrogen) atoms. The minimum absolute atomic E-state index is 0.0852. The lowest BCUT2D eigenvalue weighted by atomic mass is 9.99. The number of nitrogens with zero attached hydrogens (tertiary/aromatic N) is 1. The van der Waals surface area contributed by atoms with E-state index in [1.165, 1.54) is 26.1 Å². The summed E-state index contributed by atoms with van der Waals surface area (Å²) in [6.45, 7) is 2.22. The minimum Gasteiger partial charge on any atom is -0.394 e. The highest BCUT2D eigenvalue weighted by Gasteiger charge is 2.44. The van der Waals surface area contributed by atoms with Crippen molar-refractivity contribution in [3.63, 3.8) is 0 Å². The first-order chi connectivity index (χ1) is 13.5. The molecule has 1 amide bonds. The number of alkyl halides is 3. The van der Waals surface area contributed by atoms with Gasteiger partial charge in [-0.2, -0.15) is 13.2 Å². The zero-order valence-electron chi connectivity index (χ0n) is 16.0. The molecule has 0 aliphatic rings. The highest BCUT2D eigenvalue weighted by Crippen LogP contribution is 2.21. The number of hydrogen-bond donors (Lipinski definition) is 2. The van der Waals surface area contributed by atoms with Crippen LogP contribution in [0.1, 0.15) is 25.0 Å². The molecule has 1 heterocycles. The number of carbonyl (C=O) groups excluding carboxylic acids is 2. The molecule has 2 aromatic rings. The molecule has 0 radical (unpaired) electrons. The zero-order valence-corrected chi connectivity index (χ0v) is 16.0. The Morgan fingerprint density at radius 3 is 2.31 bits per heavy atom. The molecule has 1 unspecified atom stereocenters. The average molecular weight is 409 g/mol. The highest BCUT2D eigenvalue weighted by atomic mass is 19.4. The second-order valence-corrected chi connectivity index (χ2v) is 7.05. The SMILES string of the molecule is CC(C)C(NC(=O)Cn1cc(Cc2ccccc2)cc(N)c1=O)C(=O)C(F)(F)F. The Balaban J connectivity index is 2.20. The van der Waals surface area contributed by atoms with Crippen LogP contribution in [0.25, 0.3) is 0 Å². The number of nitrogens with one attached hydrogen (secondary N) is 1. The summed E-state index contributed by atoms with van der Waals surface area (Å²) in [6, 6.07) is 9.09. The molecule has 3 N–H and O–H groups in total. The maximum absolute atomic E-state index is 12.7. The molecule has 0 spiro atoms. The Labute approximate surface area is 165 Å². The van der Waals surface area contributed by atoms with Gasteiger partial charge in [0.15, 0.2) is 0 Å². The summed E-state index contributed by atoms with van der Waals surface area (Å²) < 4.78 is 39.3. The van der Waals surface area contributed by atoms with E-state index in [0.29, 0.717) is 12.0 Å². The quantitative estimate of drug-likeness (QED) is 0.734. The number of halogens is 3. The number of Topliss-reactive ketones (excluding diaryl/α,β-unsaturated/α-hetero) is 1. The third kappa shape index (κ3) is 5.94. The number of rotatable bonds is 7. The molecule has 6 nitrogen and oxygen atoms in total. The van der Waals surface area contributed by atoms with Crippen molar-refractivity contribution < 1.29 is 22.8 Å². The van der Waals surface area contributed by atoms with Gasteiger partial charge in [-0.15, -0.1) is 0 Å². The molecule has 0 saturated heterocycles. The first-order valence-corrected chi connectivity index (χ1v) is 8.92. The molecule has 156 valence electrons. The number of amides is 1. The van der Waals surface area contributed by atoms with Crippen molar-refractivity contribution >= 4 is 17.4 Å². The van der Waals surface area contributed by atoms with Gasteiger partial charge in [0.1, 0.15) is 6.54 Å². The molecule has 0 fully saturated rings. The highest BCUT2D eigenvalue weighted by molar-refractivity contribution is 5.92. The van der Waals surface area contributed by atoms with Gasteiger partial charge in [-0.3, -0.25) is 14.4 Å². The van der Waals surface area contributed by atoms with Crippen molar-refractivity contribution in [3.8, 4) is 0 Å². The molecule has 9 heteroatoms. The van der Waals surface area contributed by atoms with Crippen LogP contribution in [0.2, 0.25) is 0 Å². The first kappa shape index (κ1) is 22.2. The fourth-order valence-electron chi connectivity index (χ4n) is 2.85. The lowest BCUT2D eigenvalue weighted by molar-refractivity contribution is -0.174. The van der Waals surface area contributed by atoms with Crippen molar-refractivity contribution in [1.29, 1.82) is 0 Å². The van der Waals surface area contributed by atoms with E-state index >= 15 is 0 Å². The first-order valence-electron chi connectivity index (χ1n) is 8.92. The van der Waals surface area contributed by atoms with Crippen LogP contribution in [0.15, 0.2) is 47.4 Å². The lowest BCUT2D eigenvalue weighted by Crippen LogP contribution is -2.50. The van der Waals surface area contributed by atoms with Crippen molar-refractivity contribution in [3.05, 3.63) is 64.1 Å². The zero-order chi connectivity index (χ0) is 21.8. The normalized spacial score (nSPS) is 12.6. The van der Waals surface area contributed by atoms with E-state index in [1.807, 2.05) is 30.3 Å². The number of anilines is 1. The number of nitrogen functional groups attached to an aromatic ring is 1. The molecular formula is C20H22F3N3O3. The number of hydrogen-bond acceptors (Lipinski definition) is 4. The summed E-state index contributed by atoms with van der Waals surface area (Å²) in [6.07, 6.45) is -3.19. The number of nitrogens with two attached hydrogens (primary N) is 1. The summed E-state index contributed by atoms with van der Waals surface area (Å²) >= 11 is 0. The Morgan fingerprint density at radius 2 is 1.76 bits per heavy atom. The van der Waals surface area contributed by atoms with Crippen LogP contribution >= 0.6 is 0 Å². The van der Waals surface area contributed by atoms with Crippen LogP contribution in [0, 0.1) is 5.92 Å². The van der Waals surface area contributed by atoms with Gasteiger partial charge in [0.2, 0.25) is 5.91 Å². The van der Waals surface area contributed by atoms with Gasteiger partial charge in [-0.1, -0.05) is 44.2 Å². The van der Waals surface area contributed by atoms with E-state index in [4.69, 9.17) is 5.73 Å². The molecule has 2 rings (SSSR count). The van der Waals surface area contributed by atoms with E-state index in [2.05, 4.69) is 5.32 Å². The van der Waals surface area contributed by atoms with Crippen molar-refractivity contribution in [1.82, 2.24) is 9.88 Å². The molecular weight excluding hydrogens is 387 g/mol. The largest absolute Gasteiger partial charge is 0.452 e. The number of benzene rings is 1. The molecule has 1 aromatic heterocycles. The predicted molar refractivity (Wildman–Crippen MR) is 102 cm³/mol. The summed E-state index contributed by atoms with van der Waals surface area (Å²) in [5.74, 6) is -3.70. The van der Waals surface area contributed by atoms with Crippen LogP contribution in [0.3, 0.4) is 0 Å². The topological polar surface area (TPSA) is 94.2 Å². The van der Waals surface area contributed by atoms with Crippen molar-refractivity contribution in [2.24, 2.45) is 5.92 Å². The Morgan fingerprint density at radius 1 is 1.14 bits per heavy atom.